The van der Waals surface area contributed by atoms with Gasteiger partial charge in [0.05, 0.1) is 18.1 Å². The Bertz CT molecular complexity index is 351. The standard InChI is InChI=1S/C6H6N4/c7-5-3-9-10-2-1-8-4-6(5)10/h1-4H,7H2. The fourth-order valence-corrected chi connectivity index (χ4v) is 0.853. The van der Waals surface area contributed by atoms with Gasteiger partial charge in [0.2, 0.25) is 0 Å². The minimum absolute atomic E-state index is 0.660. The average molecular weight is 134 g/mol. The van der Waals surface area contributed by atoms with Crippen LogP contribution in [0.15, 0.2) is 24.8 Å². The van der Waals surface area contributed by atoms with Crippen LogP contribution in [0.25, 0.3) is 5.52 Å². The summed E-state index contributed by atoms with van der Waals surface area (Å²) < 4.78 is 1.68. The van der Waals surface area contributed by atoms with Crippen molar-refractivity contribution in [1.82, 2.24) is 14.6 Å². The zero-order chi connectivity index (χ0) is 6.97. The van der Waals surface area contributed by atoms with Crippen molar-refractivity contribution >= 4 is 11.2 Å². The van der Waals surface area contributed by atoms with Crippen molar-refractivity contribution in [2.24, 2.45) is 0 Å². The number of hydrogen-bond donors (Lipinski definition) is 1. The number of hydrogen-bond acceptors (Lipinski definition) is 3. The predicted octanol–water partition coefficient (Wildman–Crippen LogP) is 0.311. The van der Waals surface area contributed by atoms with E-state index in [2.05, 4.69) is 10.1 Å². The lowest BCUT2D eigenvalue weighted by atomic mass is 10.5. The predicted molar refractivity (Wildman–Crippen MR) is 37.4 cm³/mol. The normalized spacial score (nSPS) is 10.4. The summed E-state index contributed by atoms with van der Waals surface area (Å²) in [5.74, 6) is 0. The second-order valence-electron chi connectivity index (χ2n) is 2.01. The van der Waals surface area contributed by atoms with Crippen LogP contribution in [0, 0.1) is 0 Å². The first-order valence-corrected chi connectivity index (χ1v) is 2.91. The lowest BCUT2D eigenvalue weighted by Crippen LogP contribution is -1.87. The van der Waals surface area contributed by atoms with E-state index in [9.17, 15) is 0 Å². The molecule has 0 fully saturated rings. The van der Waals surface area contributed by atoms with Crippen LogP contribution in [0.5, 0.6) is 0 Å². The van der Waals surface area contributed by atoms with Crippen LogP contribution < -0.4 is 5.73 Å². The van der Waals surface area contributed by atoms with Crippen LogP contribution in [-0.4, -0.2) is 14.6 Å². The monoisotopic (exact) mass is 134 g/mol. The van der Waals surface area contributed by atoms with Gasteiger partial charge in [-0.25, -0.2) is 4.52 Å². The molecule has 4 nitrogen and oxygen atoms in total. The number of fused-ring (bicyclic) bond motifs is 1. The lowest BCUT2D eigenvalue weighted by molar-refractivity contribution is 0.946. The number of nitrogens with zero attached hydrogens (tertiary/aromatic N) is 3. The Hall–Kier alpha value is -1.58. The molecule has 0 aliphatic heterocycles. The first kappa shape index (κ1) is 5.22. The SMILES string of the molecule is Nc1cnn2ccncc12. The van der Waals surface area contributed by atoms with Gasteiger partial charge in [-0.2, -0.15) is 5.10 Å². The molecule has 0 bridgehead atoms. The second-order valence-corrected chi connectivity index (χ2v) is 2.01. The molecule has 0 amide bonds. The van der Waals surface area contributed by atoms with Gasteiger partial charge in [0.25, 0.3) is 0 Å². The molecule has 0 aromatic carbocycles. The molecule has 0 aliphatic carbocycles. The molecule has 2 aromatic rings. The summed E-state index contributed by atoms with van der Waals surface area (Å²) in [5, 5.41) is 3.97. The molecule has 0 unspecified atom stereocenters. The highest BCUT2D eigenvalue weighted by Gasteiger charge is 1.95. The number of aromatic nitrogens is 3. The molecule has 2 aromatic heterocycles. The van der Waals surface area contributed by atoms with Gasteiger partial charge in [-0.3, -0.25) is 4.98 Å². The van der Waals surface area contributed by atoms with Crippen molar-refractivity contribution in [2.75, 3.05) is 5.73 Å². The lowest BCUT2D eigenvalue weighted by Gasteiger charge is -1.88. The number of nitrogens with two attached hydrogens (primary N) is 1. The Morgan fingerprint density at radius 1 is 1.40 bits per heavy atom. The second kappa shape index (κ2) is 1.70. The van der Waals surface area contributed by atoms with Gasteiger partial charge in [0.1, 0.15) is 5.52 Å². The molecule has 50 valence electrons. The Morgan fingerprint density at radius 2 is 2.30 bits per heavy atom. The first-order valence-electron chi connectivity index (χ1n) is 2.91. The van der Waals surface area contributed by atoms with Crippen molar-refractivity contribution < 1.29 is 0 Å². The largest absolute Gasteiger partial charge is 0.396 e. The highest BCUT2D eigenvalue weighted by molar-refractivity contribution is 5.66. The summed E-state index contributed by atoms with van der Waals surface area (Å²) >= 11 is 0. The van der Waals surface area contributed by atoms with Crippen molar-refractivity contribution in [3.63, 3.8) is 0 Å². The van der Waals surface area contributed by atoms with Gasteiger partial charge in [0.15, 0.2) is 0 Å². The fraction of sp³-hybridized carbons (Fsp3) is 0. The van der Waals surface area contributed by atoms with E-state index in [1.54, 1.807) is 29.3 Å². The molecule has 2 N–H and O–H groups in total. The number of rotatable bonds is 0. The molecule has 4 heteroatoms. The van der Waals surface area contributed by atoms with Gasteiger partial charge in [-0.15, -0.1) is 0 Å². The maximum absolute atomic E-state index is 5.55. The molecule has 0 saturated carbocycles. The van der Waals surface area contributed by atoms with Crippen LogP contribution in [-0.2, 0) is 0 Å². The van der Waals surface area contributed by atoms with Crippen LogP contribution >= 0.6 is 0 Å². The molecular weight excluding hydrogens is 128 g/mol. The van der Waals surface area contributed by atoms with E-state index in [0.717, 1.165) is 5.52 Å². The van der Waals surface area contributed by atoms with Gasteiger partial charge in [-0.1, -0.05) is 0 Å². The highest BCUT2D eigenvalue weighted by Crippen LogP contribution is 2.08. The molecule has 2 heterocycles. The zero-order valence-corrected chi connectivity index (χ0v) is 5.23. The van der Waals surface area contributed by atoms with E-state index < -0.39 is 0 Å². The van der Waals surface area contributed by atoms with E-state index in [0.29, 0.717) is 5.69 Å². The van der Waals surface area contributed by atoms with Gasteiger partial charge >= 0.3 is 0 Å². The van der Waals surface area contributed by atoms with E-state index >= 15 is 0 Å². The van der Waals surface area contributed by atoms with Crippen LogP contribution in [0.2, 0.25) is 0 Å². The molecule has 2 rings (SSSR count). The highest BCUT2D eigenvalue weighted by atomic mass is 15.2. The third-order valence-electron chi connectivity index (χ3n) is 1.35. The van der Waals surface area contributed by atoms with Gasteiger partial charge < -0.3 is 5.73 Å². The van der Waals surface area contributed by atoms with E-state index in [1.165, 1.54) is 0 Å². The summed E-state index contributed by atoms with van der Waals surface area (Å²) in [6.45, 7) is 0. The summed E-state index contributed by atoms with van der Waals surface area (Å²) in [7, 11) is 0. The minimum Gasteiger partial charge on any atom is -0.396 e. The molecule has 0 aliphatic rings. The molecule has 0 radical (unpaired) electrons. The van der Waals surface area contributed by atoms with Gasteiger partial charge in [0, 0.05) is 12.4 Å². The molecule has 0 spiro atoms. The van der Waals surface area contributed by atoms with Crippen molar-refractivity contribution in [3.8, 4) is 0 Å². The molecule has 10 heavy (non-hydrogen) atoms. The molecule has 0 atom stereocenters. The number of nitrogen functional groups attached to an aromatic ring is 1. The maximum atomic E-state index is 5.55. The van der Waals surface area contributed by atoms with E-state index in [1.807, 2.05) is 0 Å². The summed E-state index contributed by atoms with van der Waals surface area (Å²) in [6.07, 6.45) is 6.71. The maximum Gasteiger partial charge on any atom is 0.107 e. The van der Waals surface area contributed by atoms with E-state index in [-0.39, 0.29) is 0 Å². The van der Waals surface area contributed by atoms with Crippen LogP contribution in [0.4, 0.5) is 5.69 Å². The average Bonchev–Trinajstić information content (AvgIpc) is 2.34. The summed E-state index contributed by atoms with van der Waals surface area (Å²) in [6, 6.07) is 0. The smallest absolute Gasteiger partial charge is 0.107 e. The Balaban J connectivity index is 2.93. The summed E-state index contributed by atoms with van der Waals surface area (Å²) in [5.41, 5.74) is 7.06. The van der Waals surface area contributed by atoms with Crippen molar-refractivity contribution in [1.29, 1.82) is 0 Å². The third kappa shape index (κ3) is 0.556. The molecular formula is C6H6N4. The Morgan fingerprint density at radius 3 is 3.10 bits per heavy atom. The third-order valence-corrected chi connectivity index (χ3v) is 1.35. The summed E-state index contributed by atoms with van der Waals surface area (Å²) in [4.78, 5) is 3.91. The number of anilines is 1. The molecule has 0 saturated heterocycles. The Labute approximate surface area is 57.3 Å². The minimum atomic E-state index is 0.660. The Kier molecular flexibility index (Phi) is 0.887. The fourth-order valence-electron chi connectivity index (χ4n) is 0.853. The quantitative estimate of drug-likeness (QED) is 0.564. The topological polar surface area (TPSA) is 56.2 Å². The van der Waals surface area contributed by atoms with Crippen molar-refractivity contribution in [3.05, 3.63) is 24.8 Å². The van der Waals surface area contributed by atoms with Crippen LogP contribution in [0.1, 0.15) is 0 Å². The van der Waals surface area contributed by atoms with Crippen LogP contribution in [0.3, 0.4) is 0 Å². The van der Waals surface area contributed by atoms with Gasteiger partial charge in [-0.05, 0) is 0 Å². The first-order chi connectivity index (χ1) is 4.88. The zero-order valence-electron chi connectivity index (χ0n) is 5.23. The van der Waals surface area contributed by atoms with Crippen molar-refractivity contribution in [2.45, 2.75) is 0 Å². The van der Waals surface area contributed by atoms with E-state index in [4.69, 9.17) is 5.73 Å².